The van der Waals surface area contributed by atoms with Crippen molar-refractivity contribution in [2.75, 3.05) is 33.5 Å². The van der Waals surface area contributed by atoms with Crippen molar-refractivity contribution in [3.63, 3.8) is 0 Å². The van der Waals surface area contributed by atoms with Gasteiger partial charge in [0, 0.05) is 31.6 Å². The minimum atomic E-state index is -1.29. The van der Waals surface area contributed by atoms with Gasteiger partial charge in [-0.3, -0.25) is 4.79 Å². The summed E-state index contributed by atoms with van der Waals surface area (Å²) in [4.78, 5) is 25.2. The summed E-state index contributed by atoms with van der Waals surface area (Å²) in [6.45, 7) is 6.66. The number of methoxy groups -OCH3 is 1. The summed E-state index contributed by atoms with van der Waals surface area (Å²) in [6.07, 6.45) is 4.08. The number of aromatic nitrogens is 2. The highest BCUT2D eigenvalue weighted by Gasteiger charge is 2.43. The molecule has 2 aliphatic rings. The zero-order valence-corrected chi connectivity index (χ0v) is 20.8. The van der Waals surface area contributed by atoms with E-state index < -0.39 is 17.6 Å². The fraction of sp³-hybridized carbons (Fsp3) is 0.480. The largest absolute Gasteiger partial charge is 0.383 e. The lowest BCUT2D eigenvalue weighted by atomic mass is 9.91. The second-order valence-electron chi connectivity index (χ2n) is 9.21. The summed E-state index contributed by atoms with van der Waals surface area (Å²) in [5.74, 6) is -1.45. The number of hydrogen-bond acceptors (Lipinski definition) is 8. The van der Waals surface area contributed by atoms with Crippen LogP contribution in [0, 0.1) is 11.2 Å². The molecule has 3 N–H and O–H groups in total. The Balaban J connectivity index is 1.63. The molecule has 36 heavy (non-hydrogen) atoms. The number of ether oxygens (including phenoxy) is 4. The SMILES string of the molecule is COCCNC(=O)C1(C)COC(c2nc(-c3ccc(F)cc3)c(C3(OC(C)C)N=CC=CN3)[nH]2)OC1. The molecule has 11 heteroatoms. The van der Waals surface area contributed by atoms with Gasteiger partial charge in [0.2, 0.25) is 12.2 Å². The van der Waals surface area contributed by atoms with Crippen LogP contribution in [0.15, 0.2) is 41.5 Å². The smallest absolute Gasteiger partial charge is 0.282 e. The summed E-state index contributed by atoms with van der Waals surface area (Å²) in [5.41, 5.74) is 0.812. The number of aromatic amines is 1. The number of allylic oxidation sites excluding steroid dienone is 1. The molecule has 1 atom stereocenters. The number of nitrogens with zero attached hydrogens (tertiary/aromatic N) is 2. The molecule has 10 nitrogen and oxygen atoms in total. The van der Waals surface area contributed by atoms with Crippen molar-refractivity contribution in [2.45, 2.75) is 39.0 Å². The Labute approximate surface area is 209 Å². The molecule has 1 unspecified atom stereocenters. The van der Waals surface area contributed by atoms with Gasteiger partial charge in [0.15, 0.2) is 5.82 Å². The van der Waals surface area contributed by atoms with Gasteiger partial charge in [-0.2, -0.15) is 0 Å². The van der Waals surface area contributed by atoms with E-state index in [0.717, 1.165) is 0 Å². The Morgan fingerprint density at radius 1 is 1.28 bits per heavy atom. The number of imidazole rings is 1. The Bertz CT molecular complexity index is 1110. The molecule has 2 aromatic rings. The summed E-state index contributed by atoms with van der Waals surface area (Å²) >= 11 is 0. The Kier molecular flexibility index (Phi) is 7.84. The number of aliphatic imine (C=N–C) groups is 1. The van der Waals surface area contributed by atoms with E-state index >= 15 is 0 Å². The maximum absolute atomic E-state index is 13.7. The molecule has 0 saturated carbocycles. The molecule has 1 fully saturated rings. The van der Waals surface area contributed by atoms with Gasteiger partial charge in [-0.1, -0.05) is 0 Å². The number of carbonyl (C=O) groups is 1. The highest BCUT2D eigenvalue weighted by molar-refractivity contribution is 5.82. The van der Waals surface area contributed by atoms with E-state index in [1.807, 2.05) is 13.8 Å². The van der Waals surface area contributed by atoms with E-state index in [4.69, 9.17) is 23.9 Å². The van der Waals surface area contributed by atoms with Gasteiger partial charge in [-0.05, 0) is 51.1 Å². The second kappa shape index (κ2) is 10.9. The van der Waals surface area contributed by atoms with Crippen LogP contribution < -0.4 is 10.6 Å². The second-order valence-corrected chi connectivity index (χ2v) is 9.21. The minimum absolute atomic E-state index is 0.130. The first-order valence-electron chi connectivity index (χ1n) is 11.8. The first-order chi connectivity index (χ1) is 17.3. The van der Waals surface area contributed by atoms with Crippen LogP contribution >= 0.6 is 0 Å². The maximum atomic E-state index is 13.7. The summed E-state index contributed by atoms with van der Waals surface area (Å²) < 4.78 is 36.8. The van der Waals surface area contributed by atoms with Crippen LogP contribution in [-0.2, 0) is 29.6 Å². The lowest BCUT2D eigenvalue weighted by molar-refractivity contribution is -0.231. The fourth-order valence-electron chi connectivity index (χ4n) is 3.93. The van der Waals surface area contributed by atoms with Crippen LogP contribution in [-0.4, -0.2) is 61.7 Å². The third-order valence-corrected chi connectivity index (χ3v) is 5.77. The number of nitrogens with one attached hydrogen (secondary N) is 3. The van der Waals surface area contributed by atoms with Crippen LogP contribution in [0.1, 0.15) is 38.6 Å². The standard InChI is InChI=1S/C25H32FN5O5/c1-16(2)36-25(28-10-5-11-29-25)20-19(17-6-8-18(26)9-7-17)30-21(31-20)22-34-14-24(3,15-35-22)23(32)27-12-13-33-4/h5-11,16,22,28H,12-15H2,1-4H3,(H,27,32)(H,30,31). The van der Waals surface area contributed by atoms with Crippen LogP contribution in [0.2, 0.25) is 0 Å². The molecule has 1 aromatic carbocycles. The van der Waals surface area contributed by atoms with Gasteiger partial charge in [0.1, 0.15) is 11.5 Å². The summed E-state index contributed by atoms with van der Waals surface area (Å²) in [5, 5.41) is 6.01. The zero-order chi connectivity index (χ0) is 25.8. The number of hydrogen-bond donors (Lipinski definition) is 3. The van der Waals surface area contributed by atoms with E-state index in [1.54, 1.807) is 44.7 Å². The van der Waals surface area contributed by atoms with Crippen LogP contribution in [0.3, 0.4) is 0 Å². The summed E-state index contributed by atoms with van der Waals surface area (Å²) in [7, 11) is 1.57. The van der Waals surface area contributed by atoms with Gasteiger partial charge in [0.25, 0.3) is 5.85 Å². The lowest BCUT2D eigenvalue weighted by Crippen LogP contribution is -2.49. The van der Waals surface area contributed by atoms with E-state index in [0.29, 0.717) is 35.9 Å². The molecule has 0 radical (unpaired) electrons. The predicted molar refractivity (Wildman–Crippen MR) is 130 cm³/mol. The number of carbonyl (C=O) groups excluding carboxylic acids is 1. The van der Waals surface area contributed by atoms with E-state index in [1.165, 1.54) is 12.1 Å². The van der Waals surface area contributed by atoms with Gasteiger partial charge >= 0.3 is 0 Å². The average molecular weight is 502 g/mol. The highest BCUT2D eigenvalue weighted by atomic mass is 19.1. The topological polar surface area (TPSA) is 119 Å². The first-order valence-corrected chi connectivity index (χ1v) is 11.8. The number of halogens is 1. The van der Waals surface area contributed by atoms with Crippen LogP contribution in [0.5, 0.6) is 0 Å². The number of H-pyrrole nitrogens is 1. The van der Waals surface area contributed by atoms with Crippen molar-refractivity contribution in [3.8, 4) is 11.3 Å². The molecule has 4 rings (SSSR count). The van der Waals surface area contributed by atoms with Gasteiger partial charge in [0.05, 0.1) is 37.0 Å². The number of rotatable bonds is 9. The van der Waals surface area contributed by atoms with Gasteiger partial charge in [-0.25, -0.2) is 14.4 Å². The third kappa shape index (κ3) is 5.49. The normalized spacial score (nSPS) is 25.7. The van der Waals surface area contributed by atoms with Crippen molar-refractivity contribution in [1.29, 1.82) is 0 Å². The summed E-state index contributed by atoms with van der Waals surface area (Å²) in [6, 6.07) is 5.99. The van der Waals surface area contributed by atoms with Gasteiger partial charge < -0.3 is 34.6 Å². The van der Waals surface area contributed by atoms with Crippen molar-refractivity contribution in [1.82, 2.24) is 20.6 Å². The third-order valence-electron chi connectivity index (χ3n) is 5.77. The molecule has 0 aliphatic carbocycles. The minimum Gasteiger partial charge on any atom is -0.383 e. The Morgan fingerprint density at radius 2 is 2.00 bits per heavy atom. The lowest BCUT2D eigenvalue weighted by Gasteiger charge is -2.35. The molecular weight excluding hydrogens is 469 g/mol. The Hall–Kier alpha value is -3.12. The van der Waals surface area contributed by atoms with Crippen molar-refractivity contribution >= 4 is 12.1 Å². The Morgan fingerprint density at radius 3 is 2.61 bits per heavy atom. The molecule has 2 aliphatic heterocycles. The van der Waals surface area contributed by atoms with Crippen molar-refractivity contribution in [3.05, 3.63) is 53.9 Å². The first kappa shape index (κ1) is 26.0. The zero-order valence-electron chi connectivity index (χ0n) is 20.8. The fourth-order valence-corrected chi connectivity index (χ4v) is 3.93. The monoisotopic (exact) mass is 501 g/mol. The van der Waals surface area contributed by atoms with Gasteiger partial charge in [-0.15, -0.1) is 0 Å². The van der Waals surface area contributed by atoms with E-state index in [9.17, 15) is 9.18 Å². The molecule has 0 spiro atoms. The van der Waals surface area contributed by atoms with Crippen molar-refractivity contribution in [2.24, 2.45) is 10.4 Å². The molecule has 1 aromatic heterocycles. The number of amides is 1. The maximum Gasteiger partial charge on any atom is 0.282 e. The van der Waals surface area contributed by atoms with E-state index in [-0.39, 0.29) is 31.0 Å². The predicted octanol–water partition coefficient (Wildman–Crippen LogP) is 2.75. The molecule has 0 bridgehead atoms. The molecule has 194 valence electrons. The quantitative estimate of drug-likeness (QED) is 0.452. The molecule has 3 heterocycles. The van der Waals surface area contributed by atoms with Crippen LogP contribution in [0.4, 0.5) is 4.39 Å². The van der Waals surface area contributed by atoms with Crippen molar-refractivity contribution < 1.29 is 28.1 Å². The van der Waals surface area contributed by atoms with Crippen LogP contribution in [0.25, 0.3) is 11.3 Å². The molecular formula is C25H32FN5O5. The number of benzene rings is 1. The molecule has 1 saturated heterocycles. The highest BCUT2D eigenvalue weighted by Crippen LogP contribution is 2.37. The average Bonchev–Trinajstić information content (AvgIpc) is 3.31. The molecule has 1 amide bonds. The van der Waals surface area contributed by atoms with E-state index in [2.05, 4.69) is 20.6 Å².